The second kappa shape index (κ2) is 4.97. The van der Waals surface area contributed by atoms with Crippen LogP contribution in [0, 0.1) is 9.39 Å². The molecule has 1 fully saturated rings. The lowest BCUT2D eigenvalue weighted by Gasteiger charge is -2.11. The topological polar surface area (TPSA) is 29.9 Å². The van der Waals surface area contributed by atoms with Crippen LogP contribution in [0.4, 0.5) is 4.39 Å². The summed E-state index contributed by atoms with van der Waals surface area (Å²) in [7, 11) is 0. The highest BCUT2D eigenvalue weighted by atomic mass is 127. The van der Waals surface area contributed by atoms with E-state index >= 15 is 0 Å². The third-order valence-electron chi connectivity index (χ3n) is 3.01. The van der Waals surface area contributed by atoms with Gasteiger partial charge in [0.2, 0.25) is 0 Å². The van der Waals surface area contributed by atoms with Crippen molar-refractivity contribution in [3.63, 3.8) is 0 Å². The molecule has 0 bridgehead atoms. The number of nitrogens with one attached hydrogen (secondary N) is 1. The third kappa shape index (κ3) is 2.56. The van der Waals surface area contributed by atoms with E-state index in [0.29, 0.717) is 18.3 Å². The van der Waals surface area contributed by atoms with E-state index in [9.17, 15) is 4.39 Å². The van der Waals surface area contributed by atoms with Crippen LogP contribution in [0.1, 0.15) is 18.4 Å². The number of aromatic nitrogens is 2. The maximum Gasteiger partial charge on any atom is 0.149 e. The fourth-order valence-corrected chi connectivity index (χ4v) is 2.31. The van der Waals surface area contributed by atoms with Gasteiger partial charge < -0.3 is 5.32 Å². The third-order valence-corrected chi connectivity index (χ3v) is 3.57. The normalized spacial score (nSPS) is 15.0. The van der Waals surface area contributed by atoms with Crippen molar-refractivity contribution in [1.29, 1.82) is 0 Å². The van der Waals surface area contributed by atoms with Crippen LogP contribution >= 0.6 is 22.6 Å². The van der Waals surface area contributed by atoms with Crippen LogP contribution in [-0.2, 0) is 6.54 Å². The second-order valence-electron chi connectivity index (χ2n) is 4.51. The van der Waals surface area contributed by atoms with Crippen molar-refractivity contribution in [3.8, 4) is 5.69 Å². The predicted molar refractivity (Wildman–Crippen MR) is 76.1 cm³/mol. The minimum Gasteiger partial charge on any atom is -0.310 e. The zero-order chi connectivity index (χ0) is 12.5. The van der Waals surface area contributed by atoms with Crippen molar-refractivity contribution in [2.45, 2.75) is 25.4 Å². The second-order valence-corrected chi connectivity index (χ2v) is 5.75. The minimum atomic E-state index is -0.232. The lowest BCUT2D eigenvalue weighted by atomic mass is 10.1. The average Bonchev–Trinajstić information content (AvgIpc) is 3.09. The highest BCUT2D eigenvalue weighted by molar-refractivity contribution is 14.1. The Kier molecular flexibility index (Phi) is 3.34. The van der Waals surface area contributed by atoms with Gasteiger partial charge >= 0.3 is 0 Å². The summed E-state index contributed by atoms with van der Waals surface area (Å²) in [5.41, 5.74) is 1.50. The molecule has 1 aromatic heterocycles. The quantitative estimate of drug-likeness (QED) is 0.853. The monoisotopic (exact) mass is 357 g/mol. The van der Waals surface area contributed by atoms with Gasteiger partial charge in [0.25, 0.3) is 0 Å². The fraction of sp³-hybridized carbons (Fsp3) is 0.308. The number of benzene rings is 1. The van der Waals surface area contributed by atoms with Crippen LogP contribution in [-0.4, -0.2) is 15.8 Å². The van der Waals surface area contributed by atoms with Crippen molar-refractivity contribution in [2.75, 3.05) is 0 Å². The molecule has 0 unspecified atom stereocenters. The first kappa shape index (κ1) is 12.1. The van der Waals surface area contributed by atoms with Crippen molar-refractivity contribution in [2.24, 2.45) is 0 Å². The number of nitrogens with zero attached hydrogens (tertiary/aromatic N) is 2. The van der Waals surface area contributed by atoms with Crippen LogP contribution in [0.2, 0.25) is 0 Å². The van der Waals surface area contributed by atoms with Crippen LogP contribution in [0.25, 0.3) is 5.69 Å². The van der Waals surface area contributed by atoms with Gasteiger partial charge in [-0.3, -0.25) is 0 Å². The van der Waals surface area contributed by atoms with E-state index in [1.54, 1.807) is 16.9 Å². The molecule has 1 aliphatic rings. The van der Waals surface area contributed by atoms with Gasteiger partial charge in [-0.1, -0.05) is 12.1 Å². The Morgan fingerprint density at radius 1 is 1.44 bits per heavy atom. The molecule has 3 rings (SSSR count). The summed E-state index contributed by atoms with van der Waals surface area (Å²) in [6.07, 6.45) is 6.01. The van der Waals surface area contributed by atoms with E-state index in [-0.39, 0.29) is 5.82 Å². The summed E-state index contributed by atoms with van der Waals surface area (Å²) < 4.78 is 16.6. The van der Waals surface area contributed by atoms with Gasteiger partial charge in [-0.2, -0.15) is 5.10 Å². The smallest absolute Gasteiger partial charge is 0.149 e. The first-order chi connectivity index (χ1) is 8.74. The molecule has 0 spiro atoms. The molecule has 18 heavy (non-hydrogen) atoms. The van der Waals surface area contributed by atoms with E-state index < -0.39 is 0 Å². The zero-order valence-corrected chi connectivity index (χ0v) is 11.9. The molecule has 0 aliphatic heterocycles. The Bertz CT molecular complexity index is 563. The van der Waals surface area contributed by atoms with Gasteiger partial charge in [0.1, 0.15) is 11.5 Å². The SMILES string of the molecule is Fc1cccc(CNC2CC2)c1-n1cc(I)cn1. The lowest BCUT2D eigenvalue weighted by Crippen LogP contribution is -2.17. The van der Waals surface area contributed by atoms with E-state index in [4.69, 9.17) is 0 Å². The minimum absolute atomic E-state index is 0.232. The summed E-state index contributed by atoms with van der Waals surface area (Å²) in [5, 5.41) is 7.60. The van der Waals surface area contributed by atoms with Gasteiger partial charge in [0.15, 0.2) is 0 Å². The average molecular weight is 357 g/mol. The van der Waals surface area contributed by atoms with E-state index in [1.807, 2.05) is 12.3 Å². The Balaban J connectivity index is 1.94. The van der Waals surface area contributed by atoms with Gasteiger partial charge in [0.05, 0.1) is 9.77 Å². The van der Waals surface area contributed by atoms with Crippen LogP contribution in [0.15, 0.2) is 30.6 Å². The Morgan fingerprint density at radius 3 is 2.94 bits per heavy atom. The molecular formula is C13H13FIN3. The summed E-state index contributed by atoms with van der Waals surface area (Å²) in [5.74, 6) is -0.232. The summed E-state index contributed by atoms with van der Waals surface area (Å²) in [6.45, 7) is 0.689. The molecule has 0 atom stereocenters. The Hall–Kier alpha value is -0.950. The van der Waals surface area contributed by atoms with Gasteiger partial charge in [-0.15, -0.1) is 0 Å². The molecule has 0 saturated heterocycles. The first-order valence-electron chi connectivity index (χ1n) is 5.95. The van der Waals surface area contributed by atoms with Crippen LogP contribution in [0.5, 0.6) is 0 Å². The predicted octanol–water partition coefficient (Wildman–Crippen LogP) is 2.87. The Morgan fingerprint density at radius 2 is 2.28 bits per heavy atom. The van der Waals surface area contributed by atoms with Crippen molar-refractivity contribution in [1.82, 2.24) is 15.1 Å². The molecule has 0 amide bonds. The van der Waals surface area contributed by atoms with Crippen molar-refractivity contribution in [3.05, 3.63) is 45.5 Å². The summed E-state index contributed by atoms with van der Waals surface area (Å²) in [4.78, 5) is 0. The Labute approximate surface area is 119 Å². The maximum atomic E-state index is 14.0. The number of hydrogen-bond donors (Lipinski definition) is 1. The molecule has 0 radical (unpaired) electrons. The van der Waals surface area contributed by atoms with E-state index in [1.165, 1.54) is 18.9 Å². The van der Waals surface area contributed by atoms with Crippen LogP contribution in [0.3, 0.4) is 0 Å². The number of halogens is 2. The molecular weight excluding hydrogens is 344 g/mol. The molecule has 94 valence electrons. The van der Waals surface area contributed by atoms with Crippen LogP contribution < -0.4 is 5.32 Å². The zero-order valence-electron chi connectivity index (χ0n) is 9.74. The molecule has 1 saturated carbocycles. The standard InChI is InChI=1S/C13H13FIN3/c14-12-3-1-2-9(6-16-11-4-5-11)13(12)18-8-10(15)7-17-18/h1-3,7-8,11,16H,4-6H2. The lowest BCUT2D eigenvalue weighted by molar-refractivity contribution is 0.600. The number of rotatable bonds is 4. The van der Waals surface area contributed by atoms with Gasteiger partial charge in [0, 0.05) is 18.8 Å². The maximum absolute atomic E-state index is 14.0. The summed E-state index contributed by atoms with van der Waals surface area (Å²) >= 11 is 2.17. The fourth-order valence-electron chi connectivity index (χ4n) is 1.92. The number of hydrogen-bond acceptors (Lipinski definition) is 2. The van der Waals surface area contributed by atoms with E-state index in [2.05, 4.69) is 33.0 Å². The highest BCUT2D eigenvalue weighted by Crippen LogP contribution is 2.22. The molecule has 2 aromatic rings. The highest BCUT2D eigenvalue weighted by Gasteiger charge is 2.21. The molecule has 1 aliphatic carbocycles. The largest absolute Gasteiger partial charge is 0.310 e. The summed E-state index contributed by atoms with van der Waals surface area (Å²) in [6, 6.07) is 5.78. The molecule has 1 aromatic carbocycles. The van der Waals surface area contributed by atoms with E-state index in [0.717, 1.165) is 9.13 Å². The molecule has 1 N–H and O–H groups in total. The van der Waals surface area contributed by atoms with Gasteiger partial charge in [-0.25, -0.2) is 9.07 Å². The van der Waals surface area contributed by atoms with Crippen molar-refractivity contribution < 1.29 is 4.39 Å². The molecule has 5 heteroatoms. The van der Waals surface area contributed by atoms with Gasteiger partial charge in [-0.05, 0) is 47.1 Å². The molecule has 1 heterocycles. The van der Waals surface area contributed by atoms with Crippen molar-refractivity contribution >= 4 is 22.6 Å². The number of para-hydroxylation sites is 1. The molecule has 3 nitrogen and oxygen atoms in total. The first-order valence-corrected chi connectivity index (χ1v) is 7.03.